The molecule has 0 saturated carbocycles. The summed E-state index contributed by atoms with van der Waals surface area (Å²) >= 11 is 0. The molecule has 0 saturated heterocycles. The Labute approximate surface area is 92.6 Å². The van der Waals surface area contributed by atoms with Crippen molar-refractivity contribution >= 4 is 0 Å². The topological polar surface area (TPSA) is 21.3 Å². The van der Waals surface area contributed by atoms with Gasteiger partial charge in [-0.3, -0.25) is 4.84 Å². The summed E-state index contributed by atoms with van der Waals surface area (Å²) < 4.78 is 0. The first-order valence-corrected chi connectivity index (χ1v) is 5.36. The summed E-state index contributed by atoms with van der Waals surface area (Å²) in [5.41, 5.74) is 6.82. The summed E-state index contributed by atoms with van der Waals surface area (Å²) in [7, 11) is 0. The molecule has 0 aliphatic heterocycles. The van der Waals surface area contributed by atoms with Crippen LogP contribution in [0.15, 0.2) is 18.2 Å². The summed E-state index contributed by atoms with van der Waals surface area (Å²) in [5, 5.41) is 0. The standard InChI is InChI=1S/C13H21NO/c1-10-7-6-8-12(11(10)2)9-14-15-13(3,4)5/h6-8,14H,9H2,1-5H3. The highest BCUT2D eigenvalue weighted by atomic mass is 16.7. The molecular weight excluding hydrogens is 186 g/mol. The van der Waals surface area contributed by atoms with E-state index < -0.39 is 0 Å². The van der Waals surface area contributed by atoms with Gasteiger partial charge in [0.1, 0.15) is 0 Å². The first kappa shape index (κ1) is 12.2. The number of hydroxylamine groups is 1. The van der Waals surface area contributed by atoms with Crippen LogP contribution in [0, 0.1) is 13.8 Å². The molecule has 0 spiro atoms. The zero-order valence-corrected chi connectivity index (χ0v) is 10.3. The molecule has 1 N–H and O–H groups in total. The Kier molecular flexibility index (Phi) is 3.89. The molecule has 0 fully saturated rings. The first-order chi connectivity index (χ1) is 6.90. The van der Waals surface area contributed by atoms with E-state index in [4.69, 9.17) is 4.84 Å². The molecule has 84 valence electrons. The molecule has 0 heterocycles. The normalized spacial score (nSPS) is 11.8. The van der Waals surface area contributed by atoms with Gasteiger partial charge < -0.3 is 0 Å². The Morgan fingerprint density at radius 2 is 1.87 bits per heavy atom. The second-order valence-electron chi connectivity index (χ2n) is 4.89. The van der Waals surface area contributed by atoms with Crippen LogP contribution in [0.1, 0.15) is 37.5 Å². The fraction of sp³-hybridized carbons (Fsp3) is 0.538. The van der Waals surface area contributed by atoms with Crippen LogP contribution in [0.2, 0.25) is 0 Å². The Balaban J connectivity index is 2.55. The third-order valence-corrected chi connectivity index (χ3v) is 2.36. The van der Waals surface area contributed by atoms with Crippen molar-refractivity contribution in [3.8, 4) is 0 Å². The van der Waals surface area contributed by atoms with Gasteiger partial charge in [-0.2, -0.15) is 5.48 Å². The van der Waals surface area contributed by atoms with Crippen molar-refractivity contribution < 1.29 is 4.84 Å². The summed E-state index contributed by atoms with van der Waals surface area (Å²) in [6, 6.07) is 6.33. The lowest BCUT2D eigenvalue weighted by atomic mass is 10.0. The van der Waals surface area contributed by atoms with Crippen LogP contribution >= 0.6 is 0 Å². The lowest BCUT2D eigenvalue weighted by Crippen LogP contribution is -2.28. The highest BCUT2D eigenvalue weighted by molar-refractivity contribution is 5.32. The number of hydrogen-bond acceptors (Lipinski definition) is 2. The molecule has 0 aromatic heterocycles. The van der Waals surface area contributed by atoms with Crippen molar-refractivity contribution in [3.63, 3.8) is 0 Å². The van der Waals surface area contributed by atoms with Crippen LogP contribution in [0.25, 0.3) is 0 Å². The maximum Gasteiger partial charge on any atom is 0.0813 e. The van der Waals surface area contributed by atoms with E-state index in [9.17, 15) is 0 Å². The van der Waals surface area contributed by atoms with Gasteiger partial charge in [-0.05, 0) is 51.3 Å². The molecule has 1 rings (SSSR count). The lowest BCUT2D eigenvalue weighted by Gasteiger charge is -2.20. The zero-order valence-electron chi connectivity index (χ0n) is 10.3. The molecular formula is C13H21NO. The third kappa shape index (κ3) is 4.02. The predicted molar refractivity (Wildman–Crippen MR) is 63.6 cm³/mol. The van der Waals surface area contributed by atoms with Gasteiger partial charge in [-0.15, -0.1) is 0 Å². The van der Waals surface area contributed by atoms with E-state index in [1.165, 1.54) is 16.7 Å². The van der Waals surface area contributed by atoms with Gasteiger partial charge in [-0.1, -0.05) is 18.2 Å². The van der Waals surface area contributed by atoms with E-state index in [2.05, 4.69) is 37.5 Å². The average molecular weight is 207 g/mol. The number of benzene rings is 1. The molecule has 0 aliphatic carbocycles. The smallest absolute Gasteiger partial charge is 0.0813 e. The van der Waals surface area contributed by atoms with E-state index >= 15 is 0 Å². The molecule has 0 amide bonds. The predicted octanol–water partition coefficient (Wildman–Crippen LogP) is 3.12. The Morgan fingerprint density at radius 1 is 1.20 bits per heavy atom. The minimum atomic E-state index is -0.141. The molecule has 0 radical (unpaired) electrons. The number of rotatable bonds is 3. The van der Waals surface area contributed by atoms with E-state index in [-0.39, 0.29) is 5.60 Å². The van der Waals surface area contributed by atoms with E-state index in [0.717, 1.165) is 6.54 Å². The van der Waals surface area contributed by atoms with Crippen LogP contribution < -0.4 is 5.48 Å². The second kappa shape index (κ2) is 4.77. The minimum absolute atomic E-state index is 0.141. The van der Waals surface area contributed by atoms with Crippen LogP contribution in [-0.4, -0.2) is 5.60 Å². The third-order valence-electron chi connectivity index (χ3n) is 2.36. The van der Waals surface area contributed by atoms with Crippen molar-refractivity contribution in [2.75, 3.05) is 0 Å². The van der Waals surface area contributed by atoms with Crippen LogP contribution in [0.4, 0.5) is 0 Å². The first-order valence-electron chi connectivity index (χ1n) is 5.36. The van der Waals surface area contributed by atoms with Gasteiger partial charge >= 0.3 is 0 Å². The van der Waals surface area contributed by atoms with Gasteiger partial charge in [0.15, 0.2) is 0 Å². The van der Waals surface area contributed by atoms with Crippen LogP contribution in [-0.2, 0) is 11.4 Å². The summed E-state index contributed by atoms with van der Waals surface area (Å²) in [4.78, 5) is 5.48. The fourth-order valence-corrected chi connectivity index (χ4v) is 1.33. The molecule has 2 nitrogen and oxygen atoms in total. The molecule has 2 heteroatoms. The lowest BCUT2D eigenvalue weighted by molar-refractivity contribution is -0.0758. The highest BCUT2D eigenvalue weighted by Crippen LogP contribution is 2.13. The summed E-state index contributed by atoms with van der Waals surface area (Å²) in [6.07, 6.45) is 0. The van der Waals surface area contributed by atoms with Crippen molar-refractivity contribution in [1.29, 1.82) is 0 Å². The SMILES string of the molecule is Cc1cccc(CNOC(C)(C)C)c1C. The minimum Gasteiger partial charge on any atom is -0.296 e. The summed E-state index contributed by atoms with van der Waals surface area (Å²) in [5.74, 6) is 0. The molecule has 0 unspecified atom stereocenters. The molecule has 1 aromatic rings. The molecule has 1 aromatic carbocycles. The summed E-state index contributed by atoms with van der Waals surface area (Å²) in [6.45, 7) is 11.1. The average Bonchev–Trinajstić information content (AvgIpc) is 2.10. The molecule has 0 aliphatic rings. The Hall–Kier alpha value is -0.860. The van der Waals surface area contributed by atoms with Gasteiger partial charge in [0.05, 0.1) is 5.60 Å². The van der Waals surface area contributed by atoms with Crippen molar-refractivity contribution in [2.45, 2.75) is 46.8 Å². The number of aryl methyl sites for hydroxylation is 1. The molecule has 0 atom stereocenters. The highest BCUT2D eigenvalue weighted by Gasteiger charge is 2.10. The molecule has 15 heavy (non-hydrogen) atoms. The quantitative estimate of drug-likeness (QED) is 0.769. The monoisotopic (exact) mass is 207 g/mol. The van der Waals surface area contributed by atoms with E-state index in [0.29, 0.717) is 0 Å². The van der Waals surface area contributed by atoms with Gasteiger partial charge in [0.25, 0.3) is 0 Å². The molecule has 0 bridgehead atoms. The maximum atomic E-state index is 5.48. The second-order valence-corrected chi connectivity index (χ2v) is 4.89. The van der Waals surface area contributed by atoms with Crippen molar-refractivity contribution in [3.05, 3.63) is 34.9 Å². The largest absolute Gasteiger partial charge is 0.296 e. The zero-order chi connectivity index (χ0) is 11.5. The van der Waals surface area contributed by atoms with Crippen LogP contribution in [0.3, 0.4) is 0 Å². The fourth-order valence-electron chi connectivity index (χ4n) is 1.33. The van der Waals surface area contributed by atoms with Crippen molar-refractivity contribution in [2.24, 2.45) is 0 Å². The van der Waals surface area contributed by atoms with Gasteiger partial charge in [0.2, 0.25) is 0 Å². The van der Waals surface area contributed by atoms with Crippen LogP contribution in [0.5, 0.6) is 0 Å². The number of hydrogen-bond donors (Lipinski definition) is 1. The van der Waals surface area contributed by atoms with E-state index in [1.54, 1.807) is 0 Å². The number of nitrogens with one attached hydrogen (secondary N) is 1. The Bertz CT molecular complexity index is 326. The van der Waals surface area contributed by atoms with Crippen molar-refractivity contribution in [1.82, 2.24) is 5.48 Å². The van der Waals surface area contributed by atoms with E-state index in [1.807, 2.05) is 20.8 Å². The Morgan fingerprint density at radius 3 is 2.47 bits per heavy atom. The maximum absolute atomic E-state index is 5.48. The van der Waals surface area contributed by atoms with Gasteiger partial charge in [-0.25, -0.2) is 0 Å². The van der Waals surface area contributed by atoms with Gasteiger partial charge in [0, 0.05) is 6.54 Å².